The number of aryl methyl sites for hydroxylation is 2. The predicted molar refractivity (Wildman–Crippen MR) is 139 cm³/mol. The van der Waals surface area contributed by atoms with E-state index in [1.807, 2.05) is 29.1 Å². The molecule has 1 fully saturated rings. The van der Waals surface area contributed by atoms with Crippen molar-refractivity contribution in [2.45, 2.75) is 38.0 Å². The molecule has 1 atom stereocenters. The molecule has 0 N–H and O–H groups in total. The molecule has 1 aliphatic heterocycles. The van der Waals surface area contributed by atoms with Gasteiger partial charge in [-0.2, -0.15) is 13.2 Å². The van der Waals surface area contributed by atoms with E-state index in [-0.39, 0.29) is 43.3 Å². The van der Waals surface area contributed by atoms with Crippen LogP contribution in [0.15, 0.2) is 54.7 Å². The Bertz CT molecular complexity index is 1290. The van der Waals surface area contributed by atoms with Gasteiger partial charge in [-0.3, -0.25) is 4.79 Å². The number of aromatic nitrogens is 2. The van der Waals surface area contributed by atoms with Crippen LogP contribution in [0.1, 0.15) is 45.4 Å². The molecule has 3 aromatic rings. The van der Waals surface area contributed by atoms with Crippen LogP contribution in [0.25, 0.3) is 0 Å². The summed E-state index contributed by atoms with van der Waals surface area (Å²) in [5.74, 6) is -0.130. The average Bonchev–Trinajstić information content (AvgIpc) is 2.93. The number of benzene rings is 2. The maximum atomic E-state index is 13.7. The van der Waals surface area contributed by atoms with E-state index in [1.165, 1.54) is 14.5 Å². The zero-order valence-corrected chi connectivity index (χ0v) is 21.5. The summed E-state index contributed by atoms with van der Waals surface area (Å²) in [6.07, 6.45) is -2.54. The van der Waals surface area contributed by atoms with E-state index >= 15 is 0 Å². The topological polar surface area (TPSA) is 81.6 Å². The van der Waals surface area contributed by atoms with E-state index in [9.17, 15) is 22.8 Å². The van der Waals surface area contributed by atoms with Crippen LogP contribution in [0.2, 0.25) is 0 Å². The second-order valence-corrected chi connectivity index (χ2v) is 9.22. The summed E-state index contributed by atoms with van der Waals surface area (Å²) in [4.78, 5) is 32.7. The minimum atomic E-state index is -4.59. The maximum Gasteiger partial charge on any atom is 0.419 e. The van der Waals surface area contributed by atoms with Crippen molar-refractivity contribution in [3.8, 4) is 0 Å². The Labute approximate surface area is 225 Å². The molecule has 11 heteroatoms. The molecular formula is C28H28BF3N3O4. The van der Waals surface area contributed by atoms with Crippen LogP contribution in [-0.4, -0.2) is 61.2 Å². The zero-order chi connectivity index (χ0) is 27.8. The van der Waals surface area contributed by atoms with Gasteiger partial charge >= 0.3 is 12.1 Å². The van der Waals surface area contributed by atoms with Crippen molar-refractivity contribution in [3.63, 3.8) is 0 Å². The number of carbonyl (C=O) groups is 2. The van der Waals surface area contributed by atoms with Gasteiger partial charge in [0, 0.05) is 25.7 Å². The van der Waals surface area contributed by atoms with E-state index in [1.54, 1.807) is 24.3 Å². The fraction of sp³-hybridized carbons (Fsp3) is 0.357. The average molecular weight is 538 g/mol. The van der Waals surface area contributed by atoms with Gasteiger partial charge < -0.3 is 19.1 Å². The summed E-state index contributed by atoms with van der Waals surface area (Å²) in [5, 5.41) is 0. The molecule has 2 heterocycles. The van der Waals surface area contributed by atoms with E-state index in [0.717, 1.165) is 29.1 Å². The van der Waals surface area contributed by atoms with Crippen molar-refractivity contribution in [1.82, 2.24) is 14.8 Å². The molecule has 0 aliphatic carbocycles. The van der Waals surface area contributed by atoms with E-state index in [4.69, 9.17) is 9.47 Å². The highest BCUT2D eigenvalue weighted by Gasteiger charge is 2.35. The summed E-state index contributed by atoms with van der Waals surface area (Å²) in [6, 6.07) is 14.7. The van der Waals surface area contributed by atoms with Gasteiger partial charge in [0.2, 0.25) is 0 Å². The highest BCUT2D eigenvalue weighted by molar-refractivity contribution is 6.64. The van der Waals surface area contributed by atoms with E-state index in [0.29, 0.717) is 25.3 Å². The van der Waals surface area contributed by atoms with Gasteiger partial charge in [-0.1, -0.05) is 48.5 Å². The molecule has 1 aliphatic rings. The molecular weight excluding hydrogens is 510 g/mol. The Kier molecular flexibility index (Phi) is 9.47. The standard InChI is InChI=1S/C28H28BF3N3O4/c1-38-27(37)15-22-5-3-2-4-20(22)10-11-24-23(28(30,31)32)16-33-26(34-24)14-19-6-8-21(9-7-19)25-17-35(29-18-36)12-13-39-25/h2-9,16,18,25H,10-15,17H2,1H3. The van der Waals surface area contributed by atoms with E-state index < -0.39 is 17.7 Å². The van der Waals surface area contributed by atoms with Crippen molar-refractivity contribution >= 4 is 19.6 Å². The molecule has 2 aromatic carbocycles. The Balaban J connectivity index is 1.49. The van der Waals surface area contributed by atoms with Gasteiger partial charge in [0.15, 0.2) is 0 Å². The summed E-state index contributed by atoms with van der Waals surface area (Å²) >= 11 is 0. The number of methoxy groups -OCH3 is 1. The Morgan fingerprint density at radius 1 is 1.15 bits per heavy atom. The largest absolute Gasteiger partial charge is 0.469 e. The van der Waals surface area contributed by atoms with Crippen molar-refractivity contribution < 1.29 is 32.2 Å². The minimum Gasteiger partial charge on any atom is -0.469 e. The molecule has 0 bridgehead atoms. The summed E-state index contributed by atoms with van der Waals surface area (Å²) < 4.78 is 51.8. The molecule has 1 aromatic heterocycles. The number of ether oxygens (including phenoxy) is 2. The number of alkyl halides is 3. The number of carbonyl (C=O) groups excluding carboxylic acids is 2. The second kappa shape index (κ2) is 13.0. The van der Waals surface area contributed by atoms with Crippen LogP contribution in [0.4, 0.5) is 13.2 Å². The molecule has 0 saturated carbocycles. The number of hydrogen-bond donors (Lipinski definition) is 0. The summed E-state index contributed by atoms with van der Waals surface area (Å²) in [7, 11) is 2.80. The van der Waals surface area contributed by atoms with Crippen molar-refractivity contribution in [1.29, 1.82) is 0 Å². The quantitative estimate of drug-likeness (QED) is 0.221. The van der Waals surface area contributed by atoms with Crippen molar-refractivity contribution in [3.05, 3.63) is 94.1 Å². The summed E-state index contributed by atoms with van der Waals surface area (Å²) in [5.41, 5.74) is 2.32. The third kappa shape index (κ3) is 7.74. The zero-order valence-electron chi connectivity index (χ0n) is 21.5. The fourth-order valence-electron chi connectivity index (χ4n) is 4.55. The molecule has 7 nitrogen and oxygen atoms in total. The maximum absolute atomic E-state index is 13.7. The minimum absolute atomic E-state index is 0.0365. The Hall–Kier alpha value is -3.57. The highest BCUT2D eigenvalue weighted by atomic mass is 19.4. The summed E-state index contributed by atoms with van der Waals surface area (Å²) in [6.45, 7) is 1.72. The van der Waals surface area contributed by atoms with Crippen molar-refractivity contribution in [2.75, 3.05) is 26.8 Å². The number of nitrogens with zero attached hydrogens (tertiary/aromatic N) is 3. The van der Waals surface area contributed by atoms with Gasteiger partial charge in [-0.25, -0.2) is 9.97 Å². The lowest BCUT2D eigenvalue weighted by Gasteiger charge is -2.32. The first kappa shape index (κ1) is 28.4. The van der Waals surface area contributed by atoms with Gasteiger partial charge in [-0.15, -0.1) is 0 Å². The first-order chi connectivity index (χ1) is 18.8. The van der Waals surface area contributed by atoms with Crippen molar-refractivity contribution in [2.24, 2.45) is 0 Å². The SMILES string of the molecule is COC(=O)Cc1ccccc1CCc1nc(Cc2ccc(C3CN([B]C=O)CCO3)cc2)ncc1C(F)(F)F. The van der Waals surface area contributed by atoms with Crippen LogP contribution >= 0.6 is 0 Å². The third-order valence-electron chi connectivity index (χ3n) is 6.62. The normalized spacial score (nSPS) is 16.1. The number of esters is 1. The number of hydrogen-bond acceptors (Lipinski definition) is 7. The number of morpholine rings is 1. The fourth-order valence-corrected chi connectivity index (χ4v) is 4.55. The molecule has 1 radical (unpaired) electrons. The Morgan fingerprint density at radius 2 is 1.90 bits per heavy atom. The highest BCUT2D eigenvalue weighted by Crippen LogP contribution is 2.32. The van der Waals surface area contributed by atoms with Gasteiger partial charge in [0.05, 0.1) is 43.7 Å². The monoisotopic (exact) mass is 538 g/mol. The van der Waals surface area contributed by atoms with Gasteiger partial charge in [0.1, 0.15) is 5.82 Å². The second-order valence-electron chi connectivity index (χ2n) is 9.22. The first-order valence-corrected chi connectivity index (χ1v) is 12.6. The van der Waals surface area contributed by atoms with Crippen LogP contribution in [0.5, 0.6) is 0 Å². The van der Waals surface area contributed by atoms with Crippen LogP contribution in [0.3, 0.4) is 0 Å². The molecule has 203 valence electrons. The molecule has 0 amide bonds. The third-order valence-corrected chi connectivity index (χ3v) is 6.62. The van der Waals surface area contributed by atoms with Crippen LogP contribution in [-0.2, 0) is 50.9 Å². The van der Waals surface area contributed by atoms with Crippen LogP contribution < -0.4 is 0 Å². The van der Waals surface area contributed by atoms with Gasteiger partial charge in [-0.05, 0) is 35.1 Å². The lowest BCUT2D eigenvalue weighted by molar-refractivity contribution is -0.140. The Morgan fingerprint density at radius 3 is 2.59 bits per heavy atom. The van der Waals surface area contributed by atoms with Gasteiger partial charge in [0.25, 0.3) is 7.41 Å². The predicted octanol–water partition coefficient (Wildman–Crippen LogP) is 3.77. The lowest BCUT2D eigenvalue weighted by atomic mass is 9.92. The molecule has 4 rings (SSSR count). The molecule has 1 saturated heterocycles. The smallest absolute Gasteiger partial charge is 0.419 e. The lowest BCUT2D eigenvalue weighted by Crippen LogP contribution is -2.41. The molecule has 1 unspecified atom stereocenters. The molecule has 0 spiro atoms. The molecule has 39 heavy (non-hydrogen) atoms. The van der Waals surface area contributed by atoms with E-state index in [2.05, 4.69) is 9.97 Å². The van der Waals surface area contributed by atoms with Crippen LogP contribution in [0, 0.1) is 0 Å². The number of rotatable bonds is 10. The number of halogens is 3. The first-order valence-electron chi connectivity index (χ1n) is 12.6.